The molecule has 4 heteroatoms. The zero-order chi connectivity index (χ0) is 17.7. The smallest absolute Gasteiger partial charge is 0.232 e. The third-order valence-electron chi connectivity index (χ3n) is 6.75. The van der Waals surface area contributed by atoms with Crippen LogP contribution in [0.4, 0.5) is 5.69 Å². The number of hydrogen-bond acceptors (Lipinski definition) is 2. The first-order valence-corrected chi connectivity index (χ1v) is 10.1. The summed E-state index contributed by atoms with van der Waals surface area (Å²) in [6.45, 7) is 0. The molecule has 1 amide bonds. The van der Waals surface area contributed by atoms with Crippen molar-refractivity contribution in [2.75, 3.05) is 5.32 Å². The lowest BCUT2D eigenvalue weighted by molar-refractivity contribution is -0.144. The highest BCUT2D eigenvalue weighted by molar-refractivity contribution is 7.80. The summed E-state index contributed by atoms with van der Waals surface area (Å²) in [5.41, 5.74) is 0.753. The molecule has 4 bridgehead atoms. The van der Waals surface area contributed by atoms with Crippen LogP contribution >= 0.6 is 12.2 Å². The number of amides is 1. The highest BCUT2D eigenvalue weighted by Crippen LogP contribution is 2.60. The maximum absolute atomic E-state index is 13.1. The number of carbonyl (C=O) groups excluding carboxylic acids is 1. The zero-order valence-corrected chi connectivity index (χ0v) is 15.6. The van der Waals surface area contributed by atoms with Gasteiger partial charge in [-0.3, -0.25) is 4.79 Å². The predicted octanol–water partition coefficient (Wildman–Crippen LogP) is 4.87. The Labute approximate surface area is 159 Å². The first kappa shape index (κ1) is 16.2. The van der Waals surface area contributed by atoms with Crippen molar-refractivity contribution in [1.82, 2.24) is 5.32 Å². The summed E-state index contributed by atoms with van der Waals surface area (Å²) in [4.78, 5) is 13.1. The maximum atomic E-state index is 13.1. The lowest BCUT2D eigenvalue weighted by Crippen LogP contribution is -2.55. The van der Waals surface area contributed by atoms with Gasteiger partial charge in [0.1, 0.15) is 0 Å². The fourth-order valence-electron chi connectivity index (χ4n) is 6.05. The van der Waals surface area contributed by atoms with Crippen molar-refractivity contribution >= 4 is 39.7 Å². The monoisotopic (exact) mass is 364 g/mol. The van der Waals surface area contributed by atoms with Crippen molar-refractivity contribution in [2.24, 2.45) is 23.2 Å². The van der Waals surface area contributed by atoms with Crippen molar-refractivity contribution in [3.05, 3.63) is 42.5 Å². The molecule has 0 radical (unpaired) electrons. The fourth-order valence-corrected chi connectivity index (χ4v) is 6.26. The minimum atomic E-state index is -0.163. The standard InChI is InChI=1S/C22H24N2OS/c25-20(22-11-14-7-15(12-22)9-16(8-14)13-22)24-21(26)23-19-6-5-17-3-1-2-4-18(17)10-19/h1-6,10,14-16H,7-9,11-13H2,(H2,23,24,25,26). The summed E-state index contributed by atoms with van der Waals surface area (Å²) in [6.07, 6.45) is 7.20. The van der Waals surface area contributed by atoms with Gasteiger partial charge >= 0.3 is 0 Å². The summed E-state index contributed by atoms with van der Waals surface area (Å²) in [5.74, 6) is 2.42. The Bertz CT molecular complexity index is 855. The Morgan fingerprint density at radius 2 is 1.54 bits per heavy atom. The fraction of sp³-hybridized carbons (Fsp3) is 0.455. The Kier molecular flexibility index (Phi) is 3.78. The van der Waals surface area contributed by atoms with E-state index in [-0.39, 0.29) is 11.3 Å². The van der Waals surface area contributed by atoms with Gasteiger partial charge < -0.3 is 10.6 Å². The molecule has 4 saturated carbocycles. The van der Waals surface area contributed by atoms with Crippen LogP contribution in [-0.4, -0.2) is 11.0 Å². The summed E-state index contributed by atoms with van der Waals surface area (Å²) in [5, 5.41) is 8.98. The van der Waals surface area contributed by atoms with Crippen LogP contribution in [0.15, 0.2) is 42.5 Å². The van der Waals surface area contributed by atoms with Gasteiger partial charge in [0.2, 0.25) is 5.91 Å². The van der Waals surface area contributed by atoms with Crippen LogP contribution in [-0.2, 0) is 4.79 Å². The van der Waals surface area contributed by atoms with Crippen LogP contribution in [0.1, 0.15) is 38.5 Å². The Morgan fingerprint density at radius 3 is 2.19 bits per heavy atom. The van der Waals surface area contributed by atoms with E-state index in [0.717, 1.165) is 48.1 Å². The number of carbonyl (C=O) groups is 1. The van der Waals surface area contributed by atoms with Gasteiger partial charge in [0, 0.05) is 5.69 Å². The molecule has 4 aliphatic rings. The van der Waals surface area contributed by atoms with Crippen LogP contribution in [0.3, 0.4) is 0 Å². The van der Waals surface area contributed by atoms with Gasteiger partial charge in [0.15, 0.2) is 5.11 Å². The molecule has 26 heavy (non-hydrogen) atoms. The summed E-state index contributed by atoms with van der Waals surface area (Å²) in [7, 11) is 0. The lowest BCUT2D eigenvalue weighted by atomic mass is 9.49. The van der Waals surface area contributed by atoms with Crippen LogP contribution in [0.5, 0.6) is 0 Å². The highest BCUT2D eigenvalue weighted by atomic mass is 32.1. The second kappa shape index (κ2) is 6.05. The van der Waals surface area contributed by atoms with Crippen molar-refractivity contribution in [3.63, 3.8) is 0 Å². The molecule has 0 spiro atoms. The normalized spacial score (nSPS) is 31.8. The third-order valence-corrected chi connectivity index (χ3v) is 6.96. The van der Waals surface area contributed by atoms with E-state index in [4.69, 9.17) is 12.2 Å². The van der Waals surface area contributed by atoms with Crippen molar-refractivity contribution in [1.29, 1.82) is 0 Å². The Morgan fingerprint density at radius 1 is 0.923 bits per heavy atom. The van der Waals surface area contributed by atoms with Gasteiger partial charge in [-0.05, 0) is 91.4 Å². The van der Waals surface area contributed by atoms with E-state index in [0.29, 0.717) is 5.11 Å². The second-order valence-corrected chi connectivity index (χ2v) is 9.08. The van der Waals surface area contributed by atoms with E-state index in [1.807, 2.05) is 18.2 Å². The van der Waals surface area contributed by atoms with Crippen LogP contribution < -0.4 is 10.6 Å². The minimum Gasteiger partial charge on any atom is -0.332 e. The molecule has 4 aliphatic carbocycles. The van der Waals surface area contributed by atoms with Crippen LogP contribution in [0, 0.1) is 23.2 Å². The largest absolute Gasteiger partial charge is 0.332 e. The van der Waals surface area contributed by atoms with Crippen LogP contribution in [0.25, 0.3) is 10.8 Å². The summed E-state index contributed by atoms with van der Waals surface area (Å²) >= 11 is 5.45. The van der Waals surface area contributed by atoms with Gasteiger partial charge in [-0.25, -0.2) is 0 Å². The molecule has 4 fully saturated rings. The van der Waals surface area contributed by atoms with Gasteiger partial charge in [0.05, 0.1) is 5.41 Å². The number of rotatable bonds is 2. The molecule has 134 valence electrons. The number of hydrogen-bond donors (Lipinski definition) is 2. The SMILES string of the molecule is O=C(NC(=S)Nc1ccc2ccccc2c1)C12CC3CC(CC(C3)C1)C2. The Hall–Kier alpha value is -1.94. The average molecular weight is 365 g/mol. The molecule has 2 aromatic carbocycles. The summed E-state index contributed by atoms with van der Waals surface area (Å²) < 4.78 is 0. The van der Waals surface area contributed by atoms with E-state index in [1.54, 1.807) is 0 Å². The summed E-state index contributed by atoms with van der Waals surface area (Å²) in [6, 6.07) is 14.4. The van der Waals surface area contributed by atoms with E-state index in [2.05, 4.69) is 34.9 Å². The van der Waals surface area contributed by atoms with Gasteiger partial charge in [-0.2, -0.15) is 0 Å². The Balaban J connectivity index is 1.28. The predicted molar refractivity (Wildman–Crippen MR) is 109 cm³/mol. The first-order chi connectivity index (χ1) is 12.6. The molecule has 0 atom stereocenters. The number of fused-ring (bicyclic) bond motifs is 1. The van der Waals surface area contributed by atoms with Crippen molar-refractivity contribution in [3.8, 4) is 0 Å². The number of thiocarbonyl (C=S) groups is 1. The quantitative estimate of drug-likeness (QED) is 0.747. The third kappa shape index (κ3) is 2.81. The molecular weight excluding hydrogens is 340 g/mol. The highest BCUT2D eigenvalue weighted by Gasteiger charge is 2.54. The average Bonchev–Trinajstić information content (AvgIpc) is 2.60. The van der Waals surface area contributed by atoms with Crippen LogP contribution in [0.2, 0.25) is 0 Å². The zero-order valence-electron chi connectivity index (χ0n) is 14.8. The van der Waals surface area contributed by atoms with E-state index in [9.17, 15) is 4.79 Å². The topological polar surface area (TPSA) is 41.1 Å². The second-order valence-electron chi connectivity index (χ2n) is 8.67. The molecule has 3 nitrogen and oxygen atoms in total. The molecule has 0 unspecified atom stereocenters. The number of benzene rings is 2. The molecule has 0 saturated heterocycles. The van der Waals surface area contributed by atoms with E-state index < -0.39 is 0 Å². The van der Waals surface area contributed by atoms with Gasteiger partial charge in [-0.15, -0.1) is 0 Å². The molecule has 2 N–H and O–H groups in total. The first-order valence-electron chi connectivity index (χ1n) is 9.71. The molecule has 0 aliphatic heterocycles. The molecule has 0 heterocycles. The van der Waals surface area contributed by atoms with Gasteiger partial charge in [0.25, 0.3) is 0 Å². The molecule has 6 rings (SSSR count). The van der Waals surface area contributed by atoms with Gasteiger partial charge in [-0.1, -0.05) is 30.3 Å². The minimum absolute atomic E-state index is 0.148. The molecular formula is C22H24N2OS. The van der Waals surface area contributed by atoms with E-state index >= 15 is 0 Å². The maximum Gasteiger partial charge on any atom is 0.232 e. The van der Waals surface area contributed by atoms with Crippen molar-refractivity contribution < 1.29 is 4.79 Å². The number of anilines is 1. The number of nitrogens with one attached hydrogen (secondary N) is 2. The van der Waals surface area contributed by atoms with Crippen molar-refractivity contribution in [2.45, 2.75) is 38.5 Å². The lowest BCUT2D eigenvalue weighted by Gasteiger charge is -2.55. The molecule has 0 aromatic heterocycles. The van der Waals surface area contributed by atoms with E-state index in [1.165, 1.54) is 24.6 Å². The molecule has 2 aromatic rings.